The minimum absolute atomic E-state index is 0.0971. The van der Waals surface area contributed by atoms with Gasteiger partial charge in [0, 0.05) is 12.1 Å². The van der Waals surface area contributed by atoms with Crippen molar-refractivity contribution in [1.29, 1.82) is 0 Å². The molecule has 0 bridgehead atoms. The summed E-state index contributed by atoms with van der Waals surface area (Å²) in [4.78, 5) is 24.1. The van der Waals surface area contributed by atoms with Crippen molar-refractivity contribution in [3.05, 3.63) is 106 Å². The van der Waals surface area contributed by atoms with Gasteiger partial charge in [0.15, 0.2) is 0 Å². The van der Waals surface area contributed by atoms with E-state index in [4.69, 9.17) is 0 Å². The monoisotopic (exact) mass is 389 g/mol. The molecule has 1 amide bonds. The van der Waals surface area contributed by atoms with Crippen LogP contribution < -0.4 is 10.6 Å². The number of carbonyl (C=O) groups is 1. The number of benzene rings is 3. The molecule has 2 N–H and O–H groups in total. The molecule has 0 unspecified atom stereocenters. The normalized spacial score (nSPS) is 12.8. The molecule has 0 aromatic heterocycles. The SMILES string of the molecule is Cc1ccc(NC(=O)[C@@H](N[C@H](C)c2ccccc2)c2ccccc2)c([N+](=O)[O-])c1. The molecule has 0 aliphatic rings. The summed E-state index contributed by atoms with van der Waals surface area (Å²) >= 11 is 0. The molecular weight excluding hydrogens is 366 g/mol. The molecule has 0 spiro atoms. The number of anilines is 1. The zero-order valence-electron chi connectivity index (χ0n) is 16.3. The predicted molar refractivity (Wildman–Crippen MR) is 114 cm³/mol. The summed E-state index contributed by atoms with van der Waals surface area (Å²) in [6, 6.07) is 23.1. The molecule has 0 fully saturated rings. The third-order valence-corrected chi connectivity index (χ3v) is 4.72. The fraction of sp³-hybridized carbons (Fsp3) is 0.174. The number of rotatable bonds is 7. The summed E-state index contributed by atoms with van der Waals surface area (Å²) in [5.41, 5.74) is 2.64. The molecule has 148 valence electrons. The van der Waals surface area contributed by atoms with Crippen LogP contribution in [0.3, 0.4) is 0 Å². The van der Waals surface area contributed by atoms with Gasteiger partial charge >= 0.3 is 0 Å². The minimum atomic E-state index is -0.674. The number of carbonyl (C=O) groups excluding carboxylic acids is 1. The fourth-order valence-electron chi connectivity index (χ4n) is 3.16. The van der Waals surface area contributed by atoms with Crippen molar-refractivity contribution in [2.24, 2.45) is 0 Å². The number of nitro groups is 1. The summed E-state index contributed by atoms with van der Waals surface area (Å²) in [7, 11) is 0. The Morgan fingerprint density at radius 3 is 2.10 bits per heavy atom. The van der Waals surface area contributed by atoms with Crippen LogP contribution in [0.15, 0.2) is 78.9 Å². The lowest BCUT2D eigenvalue weighted by Crippen LogP contribution is -2.34. The molecule has 3 aromatic carbocycles. The number of hydrogen-bond acceptors (Lipinski definition) is 4. The van der Waals surface area contributed by atoms with Crippen LogP contribution >= 0.6 is 0 Å². The van der Waals surface area contributed by atoms with Crippen LogP contribution in [0, 0.1) is 17.0 Å². The molecule has 0 heterocycles. The molecular formula is C23H23N3O3. The highest BCUT2D eigenvalue weighted by atomic mass is 16.6. The minimum Gasteiger partial charge on any atom is -0.319 e. The molecule has 0 aliphatic heterocycles. The van der Waals surface area contributed by atoms with Crippen molar-refractivity contribution >= 4 is 17.3 Å². The molecule has 0 saturated carbocycles. The Bertz CT molecular complexity index is 991. The Morgan fingerprint density at radius 1 is 0.931 bits per heavy atom. The average molecular weight is 389 g/mol. The molecule has 2 atom stereocenters. The quantitative estimate of drug-likeness (QED) is 0.443. The van der Waals surface area contributed by atoms with Crippen LogP contribution in [0.25, 0.3) is 0 Å². The van der Waals surface area contributed by atoms with Gasteiger partial charge in [0.2, 0.25) is 5.91 Å². The van der Waals surface area contributed by atoms with E-state index in [1.807, 2.05) is 67.6 Å². The van der Waals surface area contributed by atoms with Gasteiger partial charge in [-0.1, -0.05) is 66.7 Å². The van der Waals surface area contributed by atoms with Crippen LogP contribution in [0.4, 0.5) is 11.4 Å². The predicted octanol–water partition coefficient (Wildman–Crippen LogP) is 4.93. The van der Waals surface area contributed by atoms with E-state index in [9.17, 15) is 14.9 Å². The highest BCUT2D eigenvalue weighted by Crippen LogP contribution is 2.27. The van der Waals surface area contributed by atoms with Gasteiger partial charge in [-0.2, -0.15) is 0 Å². The highest BCUT2D eigenvalue weighted by Gasteiger charge is 2.25. The topological polar surface area (TPSA) is 84.3 Å². The second-order valence-corrected chi connectivity index (χ2v) is 6.91. The van der Waals surface area contributed by atoms with Crippen LogP contribution in [0.5, 0.6) is 0 Å². The first-order chi connectivity index (χ1) is 14.0. The standard InChI is InChI=1S/C23H23N3O3/c1-16-13-14-20(21(15-16)26(28)29)25-23(27)22(19-11-7-4-8-12-19)24-17(2)18-9-5-3-6-10-18/h3-15,17,22,24H,1-2H3,(H,25,27)/t17-,22+/m1/s1. The first-order valence-corrected chi connectivity index (χ1v) is 9.37. The van der Waals surface area contributed by atoms with E-state index in [0.717, 1.165) is 16.7 Å². The summed E-state index contributed by atoms with van der Waals surface area (Å²) < 4.78 is 0. The zero-order valence-corrected chi connectivity index (χ0v) is 16.3. The van der Waals surface area contributed by atoms with Crippen molar-refractivity contribution in [3.8, 4) is 0 Å². The van der Waals surface area contributed by atoms with Crippen LogP contribution in [0.2, 0.25) is 0 Å². The smallest absolute Gasteiger partial charge is 0.293 e. The molecule has 0 radical (unpaired) electrons. The second-order valence-electron chi connectivity index (χ2n) is 6.91. The lowest BCUT2D eigenvalue weighted by atomic mass is 10.0. The number of aryl methyl sites for hydroxylation is 1. The van der Waals surface area contributed by atoms with Crippen molar-refractivity contribution in [3.63, 3.8) is 0 Å². The van der Waals surface area contributed by atoms with Gasteiger partial charge in [0.25, 0.3) is 5.69 Å². The van der Waals surface area contributed by atoms with Gasteiger partial charge in [-0.3, -0.25) is 20.2 Å². The summed E-state index contributed by atoms with van der Waals surface area (Å²) in [5, 5.41) is 17.5. The van der Waals surface area contributed by atoms with Crippen LogP contribution in [-0.2, 0) is 4.79 Å². The average Bonchev–Trinajstić information content (AvgIpc) is 2.74. The molecule has 3 rings (SSSR count). The molecule has 6 nitrogen and oxygen atoms in total. The van der Waals surface area contributed by atoms with Gasteiger partial charge in [-0.15, -0.1) is 0 Å². The Hall–Kier alpha value is -3.51. The van der Waals surface area contributed by atoms with E-state index in [1.54, 1.807) is 19.1 Å². The van der Waals surface area contributed by atoms with Crippen molar-refractivity contribution in [1.82, 2.24) is 5.32 Å². The van der Waals surface area contributed by atoms with Crippen LogP contribution in [0.1, 0.15) is 35.7 Å². The van der Waals surface area contributed by atoms with Gasteiger partial charge in [-0.05, 0) is 36.6 Å². The van der Waals surface area contributed by atoms with Crippen LogP contribution in [-0.4, -0.2) is 10.8 Å². The van der Waals surface area contributed by atoms with E-state index < -0.39 is 11.0 Å². The lowest BCUT2D eigenvalue weighted by molar-refractivity contribution is -0.384. The number of nitro benzene ring substituents is 1. The second kappa shape index (κ2) is 9.12. The number of nitrogens with zero attached hydrogens (tertiary/aromatic N) is 1. The number of nitrogens with one attached hydrogen (secondary N) is 2. The van der Waals surface area contributed by atoms with E-state index in [0.29, 0.717) is 0 Å². The van der Waals surface area contributed by atoms with Crippen molar-refractivity contribution < 1.29 is 9.72 Å². The summed E-state index contributed by atoms with van der Waals surface area (Å²) in [6.07, 6.45) is 0. The Labute approximate surface area is 169 Å². The van der Waals surface area contributed by atoms with E-state index in [-0.39, 0.29) is 23.3 Å². The summed E-state index contributed by atoms with van der Waals surface area (Å²) in [5.74, 6) is -0.356. The molecule has 29 heavy (non-hydrogen) atoms. The Balaban J connectivity index is 1.89. The Kier molecular flexibility index (Phi) is 6.36. The van der Waals surface area contributed by atoms with Gasteiger partial charge in [0.1, 0.15) is 11.7 Å². The molecule has 3 aromatic rings. The third kappa shape index (κ3) is 5.06. The maximum atomic E-state index is 13.1. The first-order valence-electron chi connectivity index (χ1n) is 9.37. The van der Waals surface area contributed by atoms with Crippen molar-refractivity contribution in [2.45, 2.75) is 25.9 Å². The van der Waals surface area contributed by atoms with E-state index in [1.165, 1.54) is 6.07 Å². The van der Waals surface area contributed by atoms with Gasteiger partial charge < -0.3 is 5.32 Å². The zero-order chi connectivity index (χ0) is 20.8. The maximum absolute atomic E-state index is 13.1. The van der Waals surface area contributed by atoms with Crippen molar-refractivity contribution in [2.75, 3.05) is 5.32 Å². The van der Waals surface area contributed by atoms with E-state index >= 15 is 0 Å². The Morgan fingerprint density at radius 2 is 1.52 bits per heavy atom. The molecule has 0 aliphatic carbocycles. The first kappa shape index (κ1) is 20.2. The van der Waals surface area contributed by atoms with Gasteiger partial charge in [-0.25, -0.2) is 0 Å². The third-order valence-electron chi connectivity index (χ3n) is 4.72. The van der Waals surface area contributed by atoms with Gasteiger partial charge in [0.05, 0.1) is 4.92 Å². The molecule has 0 saturated heterocycles. The summed E-state index contributed by atoms with van der Waals surface area (Å²) in [6.45, 7) is 3.75. The fourth-order valence-corrected chi connectivity index (χ4v) is 3.16. The highest BCUT2D eigenvalue weighted by molar-refractivity contribution is 5.97. The maximum Gasteiger partial charge on any atom is 0.293 e. The van der Waals surface area contributed by atoms with E-state index in [2.05, 4.69) is 10.6 Å². The molecule has 6 heteroatoms. The largest absolute Gasteiger partial charge is 0.319 e. The number of hydrogen-bond donors (Lipinski definition) is 2. The number of amides is 1. The lowest BCUT2D eigenvalue weighted by Gasteiger charge is -2.23.